The molecule has 0 aliphatic carbocycles. The van der Waals surface area contributed by atoms with E-state index < -0.39 is 0 Å². The molecule has 59 heavy (non-hydrogen) atoms. The second-order valence-electron chi connectivity index (χ2n) is 17.1. The molecule has 2 unspecified atom stereocenters. The molecule has 1 fully saturated rings. The average molecular weight is 833 g/mol. The topological polar surface area (TPSA) is 120 Å². The van der Waals surface area contributed by atoms with Crippen molar-refractivity contribution >= 4 is 30.1 Å². The Balaban J connectivity index is 2.66. The fourth-order valence-corrected chi connectivity index (χ4v) is 7.64. The van der Waals surface area contributed by atoms with Gasteiger partial charge in [-0.2, -0.15) is 0 Å². The molecule has 10 nitrogen and oxygen atoms in total. The summed E-state index contributed by atoms with van der Waals surface area (Å²) >= 11 is 0. The van der Waals surface area contributed by atoms with E-state index in [1.54, 1.807) is 0 Å². The summed E-state index contributed by atoms with van der Waals surface area (Å²) in [6, 6.07) is 0. The Morgan fingerprint density at radius 2 is 1.03 bits per heavy atom. The highest BCUT2D eigenvalue weighted by Gasteiger charge is 2.23. The van der Waals surface area contributed by atoms with Gasteiger partial charge in [-0.05, 0) is 103 Å². The second-order valence-corrected chi connectivity index (χ2v) is 17.1. The summed E-state index contributed by atoms with van der Waals surface area (Å²) in [5.74, 6) is -0.513. The van der Waals surface area contributed by atoms with E-state index in [9.17, 15) is 24.0 Å². The number of amides is 1. The Bertz CT molecular complexity index is 1090. The maximum Gasteiger partial charge on any atom is 0.305 e. The first-order chi connectivity index (χ1) is 28.8. The molecule has 1 rings (SSSR count). The zero-order valence-corrected chi connectivity index (χ0v) is 38.2. The van der Waals surface area contributed by atoms with Crippen molar-refractivity contribution in [3.63, 3.8) is 0 Å². The van der Waals surface area contributed by atoms with Crippen molar-refractivity contribution in [2.45, 2.75) is 207 Å². The summed E-state index contributed by atoms with van der Waals surface area (Å²) in [5.41, 5.74) is 0. The van der Waals surface area contributed by atoms with Gasteiger partial charge in [0, 0.05) is 51.1 Å². The molecular formula is C49H88N2O8. The van der Waals surface area contributed by atoms with Gasteiger partial charge in [0.1, 0.15) is 6.29 Å². The summed E-state index contributed by atoms with van der Waals surface area (Å²) < 4.78 is 17.1. The van der Waals surface area contributed by atoms with Crippen LogP contribution < -0.4 is 0 Å². The van der Waals surface area contributed by atoms with Crippen molar-refractivity contribution in [1.29, 1.82) is 0 Å². The van der Waals surface area contributed by atoms with Crippen molar-refractivity contribution < 1.29 is 38.2 Å². The van der Waals surface area contributed by atoms with Crippen LogP contribution in [0.5, 0.6) is 0 Å². The minimum Gasteiger partial charge on any atom is -0.465 e. The standard InChI is InChI=1S/C49H88N2O8/c1-4-7-10-12-13-15-21-31-46(53)51(38-28-37-50-35-25-26-36-50)40-45(42-58-48(55)32-22-16-14-19-27-39-52)43-59-49(56)34-24-18-17-23-33-47(54)57-41-44(29-9-6-3)30-20-11-8-5-2/h13,15,39,44-45H,4-12,14,16-38,40-43H2,1-3H3/b15-13-. The normalized spacial score (nSPS) is 14.0. The van der Waals surface area contributed by atoms with E-state index in [2.05, 4.69) is 37.8 Å². The third-order valence-electron chi connectivity index (χ3n) is 11.4. The predicted octanol–water partition coefficient (Wildman–Crippen LogP) is 11.1. The van der Waals surface area contributed by atoms with Gasteiger partial charge in [-0.3, -0.25) is 19.2 Å². The highest BCUT2D eigenvalue weighted by Crippen LogP contribution is 2.19. The largest absolute Gasteiger partial charge is 0.465 e. The number of carbonyl (C=O) groups excluding carboxylic acids is 5. The number of aldehydes is 1. The first kappa shape index (κ1) is 54.3. The van der Waals surface area contributed by atoms with Crippen LogP contribution in [0, 0.1) is 11.8 Å². The molecule has 1 amide bonds. The first-order valence-electron chi connectivity index (χ1n) is 24.4. The third-order valence-corrected chi connectivity index (χ3v) is 11.4. The van der Waals surface area contributed by atoms with Crippen LogP contribution in [0.2, 0.25) is 0 Å². The van der Waals surface area contributed by atoms with Crippen LogP contribution >= 0.6 is 0 Å². The number of esters is 3. The zero-order valence-electron chi connectivity index (χ0n) is 38.2. The number of carbonyl (C=O) groups is 5. The third kappa shape index (κ3) is 32.7. The van der Waals surface area contributed by atoms with Crippen molar-refractivity contribution in [1.82, 2.24) is 9.80 Å². The van der Waals surface area contributed by atoms with E-state index in [0.717, 1.165) is 96.5 Å². The molecule has 1 heterocycles. The first-order valence-corrected chi connectivity index (χ1v) is 24.4. The van der Waals surface area contributed by atoms with Gasteiger partial charge < -0.3 is 28.8 Å². The number of rotatable bonds is 41. The summed E-state index contributed by atoms with van der Waals surface area (Å²) in [4.78, 5) is 66.6. The van der Waals surface area contributed by atoms with Crippen LogP contribution in [0.3, 0.4) is 0 Å². The SMILES string of the molecule is CCCCC/C=C\CCC(=O)N(CCCN1CCCC1)CC(COC(=O)CCCCCCC=O)COC(=O)CCCCCCC(=O)OCC(CCCC)CCCCCC. The van der Waals surface area contributed by atoms with Crippen LogP contribution in [0.4, 0.5) is 0 Å². The number of ether oxygens (including phenoxy) is 3. The van der Waals surface area contributed by atoms with Crippen LogP contribution in [0.15, 0.2) is 12.2 Å². The smallest absolute Gasteiger partial charge is 0.305 e. The molecule has 342 valence electrons. The molecule has 0 radical (unpaired) electrons. The minimum atomic E-state index is -0.334. The highest BCUT2D eigenvalue weighted by molar-refractivity contribution is 5.76. The van der Waals surface area contributed by atoms with Gasteiger partial charge in [0.2, 0.25) is 5.91 Å². The van der Waals surface area contributed by atoms with E-state index in [4.69, 9.17) is 14.2 Å². The van der Waals surface area contributed by atoms with E-state index >= 15 is 0 Å². The van der Waals surface area contributed by atoms with Crippen molar-refractivity contribution in [2.24, 2.45) is 11.8 Å². The minimum absolute atomic E-state index is 0.0743. The maximum absolute atomic E-state index is 13.6. The summed E-state index contributed by atoms with van der Waals surface area (Å²) in [5, 5.41) is 0. The molecular weight excluding hydrogens is 745 g/mol. The number of allylic oxidation sites excluding steroid dienone is 2. The van der Waals surface area contributed by atoms with Crippen molar-refractivity contribution in [2.75, 3.05) is 52.5 Å². The van der Waals surface area contributed by atoms with E-state index in [1.807, 2.05) is 4.90 Å². The Morgan fingerprint density at radius 1 is 0.542 bits per heavy atom. The summed E-state index contributed by atoms with van der Waals surface area (Å²) in [6.07, 6.45) is 31.7. The molecule has 1 aliphatic heterocycles. The molecule has 2 atom stereocenters. The Morgan fingerprint density at radius 3 is 1.61 bits per heavy atom. The molecule has 0 saturated carbocycles. The van der Waals surface area contributed by atoms with Crippen LogP contribution in [0.25, 0.3) is 0 Å². The Hall–Kier alpha value is -2.75. The monoisotopic (exact) mass is 833 g/mol. The zero-order chi connectivity index (χ0) is 43.0. The molecule has 0 bridgehead atoms. The van der Waals surface area contributed by atoms with Gasteiger partial charge in [-0.25, -0.2) is 0 Å². The van der Waals surface area contributed by atoms with Gasteiger partial charge in [0.05, 0.1) is 19.8 Å². The molecule has 1 saturated heterocycles. The Labute approximate surface area is 360 Å². The lowest BCUT2D eigenvalue weighted by molar-refractivity contribution is -0.150. The molecule has 0 spiro atoms. The molecule has 0 aromatic heterocycles. The van der Waals surface area contributed by atoms with Crippen LogP contribution in [-0.4, -0.2) is 92.4 Å². The van der Waals surface area contributed by atoms with E-state index in [0.29, 0.717) is 70.6 Å². The lowest BCUT2D eigenvalue weighted by Gasteiger charge is -2.28. The van der Waals surface area contributed by atoms with Crippen molar-refractivity contribution in [3.8, 4) is 0 Å². The highest BCUT2D eigenvalue weighted by atomic mass is 16.5. The maximum atomic E-state index is 13.6. The van der Waals surface area contributed by atoms with E-state index in [-0.39, 0.29) is 49.4 Å². The van der Waals surface area contributed by atoms with Crippen molar-refractivity contribution in [3.05, 3.63) is 12.2 Å². The van der Waals surface area contributed by atoms with Crippen LogP contribution in [0.1, 0.15) is 207 Å². The average Bonchev–Trinajstić information content (AvgIpc) is 3.76. The van der Waals surface area contributed by atoms with Gasteiger partial charge in [-0.1, -0.05) is 110 Å². The summed E-state index contributed by atoms with van der Waals surface area (Å²) in [6.45, 7) is 11.4. The number of hydrogen-bond acceptors (Lipinski definition) is 9. The quantitative estimate of drug-likeness (QED) is 0.0195. The van der Waals surface area contributed by atoms with Gasteiger partial charge in [0.15, 0.2) is 0 Å². The molecule has 0 aromatic rings. The predicted molar refractivity (Wildman–Crippen MR) is 239 cm³/mol. The second kappa shape index (κ2) is 39.4. The molecule has 0 aromatic carbocycles. The fraction of sp³-hybridized carbons (Fsp3) is 0.857. The summed E-state index contributed by atoms with van der Waals surface area (Å²) in [7, 11) is 0. The molecule has 1 aliphatic rings. The Kier molecular flexibility index (Phi) is 36.2. The van der Waals surface area contributed by atoms with E-state index in [1.165, 1.54) is 64.2 Å². The lowest BCUT2D eigenvalue weighted by Crippen LogP contribution is -2.40. The molecule has 0 N–H and O–H groups in total. The number of nitrogens with zero attached hydrogens (tertiary/aromatic N) is 2. The van der Waals surface area contributed by atoms with Gasteiger partial charge in [0.25, 0.3) is 0 Å². The molecule has 10 heteroatoms. The van der Waals surface area contributed by atoms with Gasteiger partial charge in [-0.15, -0.1) is 0 Å². The number of unbranched alkanes of at least 4 members (excludes halogenated alkanes) is 14. The fourth-order valence-electron chi connectivity index (χ4n) is 7.64. The number of likely N-dealkylation sites (tertiary alicyclic amines) is 1. The number of hydrogen-bond donors (Lipinski definition) is 0. The lowest BCUT2D eigenvalue weighted by atomic mass is 9.96. The van der Waals surface area contributed by atoms with Crippen LogP contribution in [-0.2, 0) is 38.2 Å². The van der Waals surface area contributed by atoms with Gasteiger partial charge >= 0.3 is 17.9 Å².